The Bertz CT molecular complexity index is 916. The number of hydrogen-bond acceptors (Lipinski definition) is 6. The Hall–Kier alpha value is -3.30. The van der Waals surface area contributed by atoms with Crippen LogP contribution in [-0.4, -0.2) is 19.9 Å². The molecule has 0 aliphatic heterocycles. The van der Waals surface area contributed by atoms with Crippen LogP contribution in [0.15, 0.2) is 52.1 Å². The zero-order valence-electron chi connectivity index (χ0n) is 11.8. The number of aromatic nitrogens is 3. The van der Waals surface area contributed by atoms with Crippen LogP contribution in [0.5, 0.6) is 0 Å². The highest BCUT2D eigenvalue weighted by molar-refractivity contribution is 5.56. The molecule has 3 rings (SSSR count). The fraction of sp³-hybridized carbons (Fsp3) is 0.0714. The molecule has 2 N–H and O–H groups in total. The number of nitrogens with zero attached hydrogens (tertiary/aromatic N) is 3. The Labute approximate surface area is 132 Å². The Morgan fingerprint density at radius 2 is 1.96 bits per heavy atom. The third kappa shape index (κ3) is 3.21. The van der Waals surface area contributed by atoms with E-state index in [-0.39, 0.29) is 17.5 Å². The molecule has 0 radical (unpaired) electrons. The van der Waals surface area contributed by atoms with Gasteiger partial charge in [0.2, 0.25) is 0 Å². The molecule has 0 bridgehead atoms. The third-order valence-electron chi connectivity index (χ3n) is 3.00. The normalized spacial score (nSPS) is 11.5. The molecule has 0 saturated carbocycles. The molecular weight excluding hydrogens is 329 g/mol. The van der Waals surface area contributed by atoms with Crippen molar-refractivity contribution in [3.05, 3.63) is 58.8 Å². The van der Waals surface area contributed by atoms with E-state index in [2.05, 4.69) is 15.3 Å². The van der Waals surface area contributed by atoms with Crippen LogP contribution in [0.25, 0.3) is 11.5 Å². The van der Waals surface area contributed by atoms with E-state index < -0.39 is 17.3 Å². The monoisotopic (exact) mass is 338 g/mol. The minimum atomic E-state index is -4.47. The summed E-state index contributed by atoms with van der Waals surface area (Å²) in [5, 5.41) is 11.8. The molecule has 0 spiro atoms. The summed E-state index contributed by atoms with van der Waals surface area (Å²) in [5.41, 5.74) is -1.03. The van der Waals surface area contributed by atoms with Crippen LogP contribution in [0.3, 0.4) is 0 Å². The van der Waals surface area contributed by atoms with Crippen molar-refractivity contribution >= 4 is 11.7 Å². The van der Waals surface area contributed by atoms with Gasteiger partial charge in [0.1, 0.15) is 5.69 Å². The first-order valence-electron chi connectivity index (χ1n) is 6.51. The van der Waals surface area contributed by atoms with Crippen molar-refractivity contribution in [2.75, 3.05) is 5.32 Å². The molecular formula is C14H9F3N4O3. The van der Waals surface area contributed by atoms with Gasteiger partial charge in [-0.05, 0) is 18.2 Å². The van der Waals surface area contributed by atoms with E-state index in [4.69, 9.17) is 9.62 Å². The number of oxazole rings is 1. The number of rotatable bonds is 3. The molecule has 24 heavy (non-hydrogen) atoms. The molecule has 3 aromatic heterocycles. The van der Waals surface area contributed by atoms with Gasteiger partial charge in [-0.2, -0.15) is 17.9 Å². The average molecular weight is 338 g/mol. The smallest absolute Gasteiger partial charge is 0.417 e. The summed E-state index contributed by atoms with van der Waals surface area (Å²) in [4.78, 5) is 18.9. The molecule has 0 amide bonds. The first-order valence-corrected chi connectivity index (χ1v) is 6.51. The molecule has 0 unspecified atom stereocenters. The number of halogens is 3. The molecule has 3 heterocycles. The van der Waals surface area contributed by atoms with Crippen LogP contribution >= 0.6 is 0 Å². The van der Waals surface area contributed by atoms with E-state index >= 15 is 0 Å². The molecule has 124 valence electrons. The second kappa shape index (κ2) is 5.72. The Balaban J connectivity index is 1.80. The molecule has 7 nitrogen and oxygen atoms in total. The van der Waals surface area contributed by atoms with Crippen molar-refractivity contribution in [1.82, 2.24) is 14.7 Å². The van der Waals surface area contributed by atoms with Crippen LogP contribution in [0.1, 0.15) is 5.56 Å². The van der Waals surface area contributed by atoms with Crippen molar-refractivity contribution in [2.24, 2.45) is 0 Å². The average Bonchev–Trinajstić information content (AvgIpc) is 2.99. The van der Waals surface area contributed by atoms with Gasteiger partial charge in [0.25, 0.3) is 11.6 Å². The van der Waals surface area contributed by atoms with E-state index in [1.165, 1.54) is 18.3 Å². The summed E-state index contributed by atoms with van der Waals surface area (Å²) in [6.07, 6.45) is -1.35. The van der Waals surface area contributed by atoms with Gasteiger partial charge in [-0.1, -0.05) is 0 Å². The van der Waals surface area contributed by atoms with Gasteiger partial charge >= 0.3 is 6.18 Å². The van der Waals surface area contributed by atoms with Gasteiger partial charge in [-0.3, -0.25) is 9.78 Å². The second-order valence-electron chi connectivity index (χ2n) is 4.68. The summed E-state index contributed by atoms with van der Waals surface area (Å²) < 4.78 is 43.2. The Kier molecular flexibility index (Phi) is 3.72. The minimum absolute atomic E-state index is 0.0155. The van der Waals surface area contributed by atoms with Crippen molar-refractivity contribution in [2.45, 2.75) is 6.18 Å². The maximum Gasteiger partial charge on any atom is 0.417 e. The highest BCUT2D eigenvalue weighted by atomic mass is 19.4. The van der Waals surface area contributed by atoms with Gasteiger partial charge in [-0.15, -0.1) is 0 Å². The van der Waals surface area contributed by atoms with Crippen LogP contribution in [-0.2, 0) is 6.18 Å². The molecule has 0 aromatic carbocycles. The number of anilines is 2. The van der Waals surface area contributed by atoms with Crippen LogP contribution in [0.4, 0.5) is 24.9 Å². The van der Waals surface area contributed by atoms with Crippen LogP contribution in [0.2, 0.25) is 0 Å². The minimum Gasteiger partial charge on any atom is -0.425 e. The fourth-order valence-electron chi connectivity index (χ4n) is 1.83. The van der Waals surface area contributed by atoms with Crippen molar-refractivity contribution < 1.29 is 22.8 Å². The summed E-state index contributed by atoms with van der Waals surface area (Å²) in [6, 6.07) is 4.59. The number of alkyl halides is 3. The lowest BCUT2D eigenvalue weighted by Gasteiger charge is -2.05. The van der Waals surface area contributed by atoms with Gasteiger partial charge in [0.15, 0.2) is 5.76 Å². The van der Waals surface area contributed by atoms with Gasteiger partial charge < -0.3 is 14.9 Å². The number of nitrogens with one attached hydrogen (secondary N) is 1. The summed E-state index contributed by atoms with van der Waals surface area (Å²) in [6.45, 7) is 0. The SMILES string of the molecule is O=c1cc(Nc2ncc(-c3ccc(C(F)(F)F)cn3)o2)ccn1O. The molecule has 10 heteroatoms. The Morgan fingerprint density at radius 3 is 2.58 bits per heavy atom. The maximum absolute atomic E-state index is 12.5. The lowest BCUT2D eigenvalue weighted by Crippen LogP contribution is -2.15. The lowest BCUT2D eigenvalue weighted by atomic mass is 10.2. The van der Waals surface area contributed by atoms with Gasteiger partial charge in [0.05, 0.1) is 11.8 Å². The summed E-state index contributed by atoms with van der Waals surface area (Å²) in [5.74, 6) is 0.154. The predicted octanol–water partition coefficient (Wildman–Crippen LogP) is 2.90. The standard InChI is InChI=1S/C14H9F3N4O3/c15-14(16,17)8-1-2-10(18-6-8)11-7-19-13(24-11)20-9-3-4-21(23)12(22)5-9/h1-7,23H,(H,19,20). The zero-order chi connectivity index (χ0) is 17.3. The topological polar surface area (TPSA) is 93.2 Å². The summed E-state index contributed by atoms with van der Waals surface area (Å²) in [7, 11) is 0. The third-order valence-corrected chi connectivity index (χ3v) is 3.00. The molecule has 0 atom stereocenters. The van der Waals surface area contributed by atoms with E-state index in [0.717, 1.165) is 18.3 Å². The summed E-state index contributed by atoms with van der Waals surface area (Å²) >= 11 is 0. The van der Waals surface area contributed by atoms with E-state index in [1.54, 1.807) is 0 Å². The van der Waals surface area contributed by atoms with Gasteiger partial charge in [0, 0.05) is 24.1 Å². The van der Waals surface area contributed by atoms with Crippen molar-refractivity contribution in [3.63, 3.8) is 0 Å². The molecule has 0 aliphatic rings. The van der Waals surface area contributed by atoms with Crippen molar-refractivity contribution in [1.29, 1.82) is 0 Å². The second-order valence-corrected chi connectivity index (χ2v) is 4.68. The lowest BCUT2D eigenvalue weighted by molar-refractivity contribution is -0.137. The molecule has 0 aliphatic carbocycles. The number of hydrogen-bond donors (Lipinski definition) is 2. The van der Waals surface area contributed by atoms with E-state index in [0.29, 0.717) is 16.6 Å². The van der Waals surface area contributed by atoms with E-state index in [9.17, 15) is 18.0 Å². The highest BCUT2D eigenvalue weighted by Gasteiger charge is 2.30. The quantitative estimate of drug-likeness (QED) is 0.713. The van der Waals surface area contributed by atoms with Crippen LogP contribution in [0, 0.1) is 0 Å². The fourth-order valence-corrected chi connectivity index (χ4v) is 1.83. The predicted molar refractivity (Wildman–Crippen MR) is 75.9 cm³/mol. The number of pyridine rings is 2. The molecule has 3 aromatic rings. The van der Waals surface area contributed by atoms with E-state index in [1.807, 2.05) is 0 Å². The zero-order valence-corrected chi connectivity index (χ0v) is 11.8. The highest BCUT2D eigenvalue weighted by Crippen LogP contribution is 2.30. The maximum atomic E-state index is 12.5. The Morgan fingerprint density at radius 1 is 1.17 bits per heavy atom. The van der Waals surface area contributed by atoms with Crippen molar-refractivity contribution in [3.8, 4) is 11.5 Å². The van der Waals surface area contributed by atoms with Gasteiger partial charge in [-0.25, -0.2) is 4.98 Å². The molecule has 0 fully saturated rings. The molecule has 0 saturated heterocycles. The largest absolute Gasteiger partial charge is 0.425 e. The first kappa shape index (κ1) is 15.6. The van der Waals surface area contributed by atoms with Crippen LogP contribution < -0.4 is 10.9 Å². The first-order chi connectivity index (χ1) is 11.3.